The van der Waals surface area contributed by atoms with Crippen LogP contribution in [0.25, 0.3) is 0 Å². The molecule has 0 aromatic rings. The molecule has 0 fully saturated rings. The number of nitrogens with one attached hydrogen (secondary N) is 1. The molecular formula is C6H10N2O. The van der Waals surface area contributed by atoms with Gasteiger partial charge >= 0.3 is 0 Å². The van der Waals surface area contributed by atoms with E-state index in [1.807, 2.05) is 13.8 Å². The van der Waals surface area contributed by atoms with Crippen molar-refractivity contribution >= 4 is 12.1 Å². The van der Waals surface area contributed by atoms with Crippen molar-refractivity contribution in [1.82, 2.24) is 0 Å². The standard InChI is InChI=1S/C6H10N2O/c1-6(2)4-9-5(3-7)8-6/h3,7H,4H2,1-2H3. The molecule has 0 bridgehead atoms. The first-order valence-electron chi connectivity index (χ1n) is 2.87. The second kappa shape index (κ2) is 1.83. The van der Waals surface area contributed by atoms with E-state index in [4.69, 9.17) is 10.1 Å². The number of rotatable bonds is 1. The lowest BCUT2D eigenvalue weighted by atomic mass is 10.1. The van der Waals surface area contributed by atoms with Crippen LogP contribution in [0.2, 0.25) is 0 Å². The van der Waals surface area contributed by atoms with Crippen LogP contribution in [0.1, 0.15) is 13.8 Å². The maximum atomic E-state index is 6.80. The van der Waals surface area contributed by atoms with E-state index in [0.29, 0.717) is 12.5 Å². The molecule has 1 aliphatic heterocycles. The number of nitrogens with zero attached hydrogens (tertiary/aromatic N) is 1. The summed E-state index contributed by atoms with van der Waals surface area (Å²) < 4.78 is 5.02. The highest BCUT2D eigenvalue weighted by Crippen LogP contribution is 2.15. The van der Waals surface area contributed by atoms with Crippen molar-refractivity contribution in [2.75, 3.05) is 6.61 Å². The Kier molecular flexibility index (Phi) is 1.27. The van der Waals surface area contributed by atoms with Gasteiger partial charge in [0.1, 0.15) is 6.61 Å². The Morgan fingerprint density at radius 1 is 1.78 bits per heavy atom. The zero-order valence-electron chi connectivity index (χ0n) is 5.64. The SMILES string of the molecule is CC1(C)COC(C=N)=N1. The third-order valence-corrected chi connectivity index (χ3v) is 1.11. The van der Waals surface area contributed by atoms with Gasteiger partial charge in [-0.1, -0.05) is 0 Å². The average Bonchev–Trinajstić information content (AvgIpc) is 2.10. The van der Waals surface area contributed by atoms with Gasteiger partial charge in [0, 0.05) is 0 Å². The Balaban J connectivity index is 2.71. The minimum atomic E-state index is -0.118. The van der Waals surface area contributed by atoms with Crippen LogP contribution in [0.4, 0.5) is 0 Å². The predicted octanol–water partition coefficient (Wildman–Crippen LogP) is 0.843. The molecule has 0 atom stereocenters. The number of hydrogen-bond acceptors (Lipinski definition) is 3. The topological polar surface area (TPSA) is 45.4 Å². The molecule has 9 heavy (non-hydrogen) atoms. The van der Waals surface area contributed by atoms with Crippen LogP contribution in [0.5, 0.6) is 0 Å². The highest BCUT2D eigenvalue weighted by atomic mass is 16.5. The lowest BCUT2D eigenvalue weighted by Gasteiger charge is -2.07. The van der Waals surface area contributed by atoms with Crippen LogP contribution in [-0.4, -0.2) is 24.3 Å². The molecular weight excluding hydrogens is 116 g/mol. The molecule has 0 aromatic heterocycles. The fraction of sp³-hybridized carbons (Fsp3) is 0.667. The zero-order valence-corrected chi connectivity index (χ0v) is 5.64. The minimum absolute atomic E-state index is 0.118. The Morgan fingerprint density at radius 2 is 2.44 bits per heavy atom. The summed E-state index contributed by atoms with van der Waals surface area (Å²) in [4.78, 5) is 4.09. The Labute approximate surface area is 54.3 Å². The van der Waals surface area contributed by atoms with E-state index in [2.05, 4.69) is 4.99 Å². The van der Waals surface area contributed by atoms with Crippen LogP contribution in [0, 0.1) is 5.41 Å². The summed E-state index contributed by atoms with van der Waals surface area (Å²) >= 11 is 0. The van der Waals surface area contributed by atoms with E-state index in [1.165, 1.54) is 0 Å². The molecule has 0 spiro atoms. The number of hydrogen-bond donors (Lipinski definition) is 1. The fourth-order valence-corrected chi connectivity index (χ4v) is 0.687. The first-order valence-corrected chi connectivity index (χ1v) is 2.87. The highest BCUT2D eigenvalue weighted by molar-refractivity contribution is 6.25. The summed E-state index contributed by atoms with van der Waals surface area (Å²) in [6, 6.07) is 0. The molecule has 1 N–H and O–H groups in total. The molecule has 1 aliphatic rings. The van der Waals surface area contributed by atoms with Gasteiger partial charge in [-0.25, -0.2) is 4.99 Å². The van der Waals surface area contributed by atoms with Gasteiger partial charge in [-0.15, -0.1) is 0 Å². The molecule has 0 aromatic carbocycles. The van der Waals surface area contributed by atoms with Crippen molar-refractivity contribution in [2.45, 2.75) is 19.4 Å². The van der Waals surface area contributed by atoms with Gasteiger partial charge in [0.15, 0.2) is 0 Å². The van der Waals surface area contributed by atoms with Crippen LogP contribution in [0.15, 0.2) is 4.99 Å². The minimum Gasteiger partial charge on any atom is -0.474 e. The molecule has 3 nitrogen and oxygen atoms in total. The average molecular weight is 126 g/mol. The summed E-state index contributed by atoms with van der Waals surface area (Å²) in [5.74, 6) is 0.444. The third kappa shape index (κ3) is 1.28. The number of aliphatic imine (C=N–C) groups is 1. The summed E-state index contributed by atoms with van der Waals surface area (Å²) in [5, 5.41) is 6.80. The van der Waals surface area contributed by atoms with E-state index < -0.39 is 0 Å². The van der Waals surface area contributed by atoms with Gasteiger partial charge in [0.05, 0.1) is 11.8 Å². The largest absolute Gasteiger partial charge is 0.474 e. The molecule has 0 unspecified atom stereocenters. The van der Waals surface area contributed by atoms with Gasteiger partial charge in [-0.3, -0.25) is 0 Å². The molecule has 50 valence electrons. The third-order valence-electron chi connectivity index (χ3n) is 1.11. The molecule has 0 aliphatic carbocycles. The Morgan fingerprint density at radius 3 is 2.67 bits per heavy atom. The Hall–Kier alpha value is -0.860. The fourth-order valence-electron chi connectivity index (χ4n) is 0.687. The van der Waals surface area contributed by atoms with Crippen LogP contribution in [-0.2, 0) is 4.74 Å². The zero-order chi connectivity index (χ0) is 6.91. The lowest BCUT2D eigenvalue weighted by Crippen LogP contribution is -2.17. The van der Waals surface area contributed by atoms with Crippen molar-refractivity contribution in [1.29, 1.82) is 5.41 Å². The first kappa shape index (κ1) is 6.26. The van der Waals surface area contributed by atoms with Crippen molar-refractivity contribution in [3.05, 3.63) is 0 Å². The van der Waals surface area contributed by atoms with Gasteiger partial charge in [-0.05, 0) is 13.8 Å². The molecule has 0 saturated heterocycles. The predicted molar refractivity (Wildman–Crippen MR) is 36.2 cm³/mol. The van der Waals surface area contributed by atoms with Gasteiger partial charge in [-0.2, -0.15) is 0 Å². The van der Waals surface area contributed by atoms with Gasteiger partial charge in [0.25, 0.3) is 0 Å². The van der Waals surface area contributed by atoms with E-state index in [-0.39, 0.29) is 5.54 Å². The van der Waals surface area contributed by atoms with Gasteiger partial charge < -0.3 is 10.1 Å². The van der Waals surface area contributed by atoms with Crippen LogP contribution < -0.4 is 0 Å². The molecule has 3 heteroatoms. The molecule has 1 heterocycles. The summed E-state index contributed by atoms with van der Waals surface area (Å²) in [6.45, 7) is 4.55. The first-order chi connectivity index (χ1) is 4.14. The van der Waals surface area contributed by atoms with Crippen molar-refractivity contribution in [3.8, 4) is 0 Å². The van der Waals surface area contributed by atoms with Gasteiger partial charge in [0.2, 0.25) is 5.90 Å². The second-order valence-corrected chi connectivity index (χ2v) is 2.70. The summed E-state index contributed by atoms with van der Waals surface area (Å²) in [5.41, 5.74) is -0.118. The lowest BCUT2D eigenvalue weighted by molar-refractivity contribution is 0.282. The molecule has 0 radical (unpaired) electrons. The van der Waals surface area contributed by atoms with E-state index in [1.54, 1.807) is 0 Å². The van der Waals surface area contributed by atoms with Crippen LogP contribution in [0.3, 0.4) is 0 Å². The van der Waals surface area contributed by atoms with Crippen LogP contribution >= 0.6 is 0 Å². The second-order valence-electron chi connectivity index (χ2n) is 2.70. The summed E-state index contributed by atoms with van der Waals surface area (Å²) in [6.07, 6.45) is 1.13. The smallest absolute Gasteiger partial charge is 0.227 e. The monoisotopic (exact) mass is 126 g/mol. The Bertz CT molecular complexity index is 160. The molecule has 0 amide bonds. The van der Waals surface area contributed by atoms with Crippen molar-refractivity contribution in [3.63, 3.8) is 0 Å². The maximum Gasteiger partial charge on any atom is 0.227 e. The number of ether oxygens (including phenoxy) is 1. The maximum absolute atomic E-state index is 6.80. The van der Waals surface area contributed by atoms with E-state index in [9.17, 15) is 0 Å². The van der Waals surface area contributed by atoms with Crippen molar-refractivity contribution in [2.24, 2.45) is 4.99 Å². The highest BCUT2D eigenvalue weighted by Gasteiger charge is 2.24. The molecule has 1 rings (SSSR count). The van der Waals surface area contributed by atoms with E-state index >= 15 is 0 Å². The molecule has 0 saturated carbocycles. The van der Waals surface area contributed by atoms with E-state index in [0.717, 1.165) is 6.21 Å². The van der Waals surface area contributed by atoms with Crippen molar-refractivity contribution < 1.29 is 4.74 Å². The summed E-state index contributed by atoms with van der Waals surface area (Å²) in [7, 11) is 0. The quantitative estimate of drug-likeness (QED) is 0.520. The normalized spacial score (nSPS) is 22.7.